The summed E-state index contributed by atoms with van der Waals surface area (Å²) in [5, 5.41) is 8.56. The molecule has 2 fully saturated rings. The number of likely N-dealkylation sites (N-methyl/N-ethyl adjacent to an activating group) is 1. The Kier molecular flexibility index (Phi) is 4.05. The van der Waals surface area contributed by atoms with Gasteiger partial charge in [-0.25, -0.2) is 4.68 Å². The molecule has 1 N–H and O–H groups in total. The van der Waals surface area contributed by atoms with Crippen LogP contribution < -0.4 is 10.9 Å². The molecule has 1 saturated heterocycles. The lowest BCUT2D eigenvalue weighted by atomic mass is 9.71. The number of carbonyl (C=O) groups excluding carboxylic acids is 1. The minimum atomic E-state index is -0.243. The van der Waals surface area contributed by atoms with Crippen LogP contribution in [0.4, 0.5) is 0 Å². The van der Waals surface area contributed by atoms with Gasteiger partial charge in [-0.3, -0.25) is 9.59 Å². The molecule has 0 bridgehead atoms. The highest BCUT2D eigenvalue weighted by atomic mass is 16.5. The fourth-order valence-electron chi connectivity index (χ4n) is 4.09. The first kappa shape index (κ1) is 16.2. The van der Waals surface area contributed by atoms with Gasteiger partial charge < -0.3 is 15.0 Å². The van der Waals surface area contributed by atoms with Gasteiger partial charge in [0.1, 0.15) is 6.54 Å². The molecule has 25 heavy (non-hydrogen) atoms. The van der Waals surface area contributed by atoms with Gasteiger partial charge in [-0.2, -0.15) is 5.10 Å². The highest BCUT2D eigenvalue weighted by Crippen LogP contribution is 2.41. The maximum atomic E-state index is 12.5. The Morgan fingerprint density at radius 2 is 2.20 bits per heavy atom. The maximum Gasteiger partial charge on any atom is 0.275 e. The van der Waals surface area contributed by atoms with Crippen molar-refractivity contribution in [2.24, 2.45) is 5.92 Å². The van der Waals surface area contributed by atoms with E-state index in [2.05, 4.69) is 15.3 Å². The van der Waals surface area contributed by atoms with Crippen LogP contribution in [-0.4, -0.2) is 59.5 Å². The summed E-state index contributed by atoms with van der Waals surface area (Å²) >= 11 is 0. The molecule has 1 aliphatic heterocycles. The molecular weight excluding hydrogens is 320 g/mol. The summed E-state index contributed by atoms with van der Waals surface area (Å²) < 4.78 is 6.99. The monoisotopic (exact) mass is 342 g/mol. The molecule has 0 unspecified atom stereocenters. The number of fused-ring (bicyclic) bond motifs is 2. The summed E-state index contributed by atoms with van der Waals surface area (Å²) in [7, 11) is 3.99. The summed E-state index contributed by atoms with van der Waals surface area (Å²) in [5.74, 6) is 0.171. The molecule has 2 aliphatic rings. The predicted octanol–water partition coefficient (Wildman–Crippen LogP) is 0.230. The number of hydrogen-bond donors (Lipinski definition) is 1. The minimum Gasteiger partial charge on any atom is -0.376 e. The maximum absolute atomic E-state index is 12.5. The average Bonchev–Trinajstić information content (AvgIpc) is 2.99. The Morgan fingerprint density at radius 1 is 1.40 bits per heavy atom. The molecule has 2 aromatic rings. The van der Waals surface area contributed by atoms with Crippen LogP contribution in [0.2, 0.25) is 0 Å². The van der Waals surface area contributed by atoms with Gasteiger partial charge >= 0.3 is 0 Å². The van der Waals surface area contributed by atoms with E-state index in [4.69, 9.17) is 4.74 Å². The van der Waals surface area contributed by atoms with Crippen molar-refractivity contribution in [1.82, 2.24) is 20.0 Å². The molecule has 1 saturated carbocycles. The minimum absolute atomic E-state index is 0.0613. The van der Waals surface area contributed by atoms with Gasteiger partial charge in [0.15, 0.2) is 0 Å². The van der Waals surface area contributed by atoms with Crippen LogP contribution in [0.5, 0.6) is 0 Å². The number of rotatable bonds is 4. The van der Waals surface area contributed by atoms with Gasteiger partial charge in [-0.05, 0) is 26.6 Å². The van der Waals surface area contributed by atoms with Crippen molar-refractivity contribution in [2.45, 2.75) is 31.2 Å². The first-order valence-electron chi connectivity index (χ1n) is 8.58. The lowest BCUT2D eigenvalue weighted by Crippen LogP contribution is -2.69. The van der Waals surface area contributed by atoms with Gasteiger partial charge in [0.25, 0.3) is 5.56 Å². The third kappa shape index (κ3) is 2.73. The summed E-state index contributed by atoms with van der Waals surface area (Å²) in [6.45, 7) is 0.677. The number of amides is 1. The SMILES string of the molecule is CN(C)[C@@H]1[C@@H](NC(=O)Cn2ncc3ccccc3c2=O)[C@H]2CCO[C@H]21. The van der Waals surface area contributed by atoms with E-state index in [1.165, 1.54) is 4.68 Å². The van der Waals surface area contributed by atoms with Gasteiger partial charge in [0.05, 0.1) is 29.8 Å². The lowest BCUT2D eigenvalue weighted by molar-refractivity contribution is -0.128. The molecule has 1 aromatic heterocycles. The number of benzene rings is 1. The van der Waals surface area contributed by atoms with Crippen molar-refractivity contribution >= 4 is 16.7 Å². The standard InChI is InChI=1S/C18H22N4O3/c1-21(2)16-15(13-7-8-25-17(13)16)20-14(23)10-22-18(24)12-6-4-3-5-11(12)9-19-22/h3-6,9,13,15-17H,7-8,10H2,1-2H3,(H,20,23)/t13-,15+,16-,17-/m1/s1. The highest BCUT2D eigenvalue weighted by molar-refractivity contribution is 5.81. The van der Waals surface area contributed by atoms with Crippen molar-refractivity contribution in [3.05, 3.63) is 40.8 Å². The van der Waals surface area contributed by atoms with E-state index in [9.17, 15) is 9.59 Å². The predicted molar refractivity (Wildman–Crippen MR) is 93.3 cm³/mol. The third-order valence-corrected chi connectivity index (χ3v) is 5.33. The molecule has 1 aromatic carbocycles. The van der Waals surface area contributed by atoms with E-state index >= 15 is 0 Å². The summed E-state index contributed by atoms with van der Waals surface area (Å²) in [4.78, 5) is 27.1. The number of nitrogens with zero attached hydrogens (tertiary/aromatic N) is 3. The molecular formula is C18H22N4O3. The first-order chi connectivity index (χ1) is 12.1. The smallest absolute Gasteiger partial charge is 0.275 e. The fourth-order valence-corrected chi connectivity index (χ4v) is 4.09. The number of nitrogens with one attached hydrogen (secondary N) is 1. The number of carbonyl (C=O) groups is 1. The van der Waals surface area contributed by atoms with E-state index in [1.807, 2.05) is 32.3 Å². The Balaban J connectivity index is 1.49. The Hall–Kier alpha value is -2.25. The number of hydrogen-bond acceptors (Lipinski definition) is 5. The second kappa shape index (κ2) is 6.24. The zero-order valence-corrected chi connectivity index (χ0v) is 14.4. The van der Waals surface area contributed by atoms with Crippen LogP contribution in [0.25, 0.3) is 10.8 Å². The van der Waals surface area contributed by atoms with E-state index < -0.39 is 0 Å². The van der Waals surface area contributed by atoms with E-state index in [1.54, 1.807) is 12.3 Å². The summed E-state index contributed by atoms with van der Waals surface area (Å²) in [6, 6.07) is 7.50. The quantitative estimate of drug-likeness (QED) is 0.861. The Labute approximate surface area is 145 Å². The molecule has 4 atom stereocenters. The normalized spacial score (nSPS) is 28.0. The van der Waals surface area contributed by atoms with Crippen LogP contribution in [0, 0.1) is 5.92 Å². The van der Waals surface area contributed by atoms with Gasteiger partial charge in [-0.1, -0.05) is 18.2 Å². The molecule has 2 heterocycles. The lowest BCUT2D eigenvalue weighted by Gasteiger charge is -2.50. The second-order valence-electron chi connectivity index (χ2n) is 7.03. The topological polar surface area (TPSA) is 76.5 Å². The molecule has 132 valence electrons. The van der Waals surface area contributed by atoms with Gasteiger partial charge in [-0.15, -0.1) is 0 Å². The molecule has 7 nitrogen and oxygen atoms in total. The van der Waals surface area contributed by atoms with Crippen LogP contribution in [0.1, 0.15) is 6.42 Å². The fraction of sp³-hybridized carbons (Fsp3) is 0.500. The Bertz CT molecular complexity index is 863. The number of aromatic nitrogens is 2. The third-order valence-electron chi connectivity index (χ3n) is 5.33. The van der Waals surface area contributed by atoms with E-state index in [0.717, 1.165) is 18.4 Å². The van der Waals surface area contributed by atoms with E-state index in [0.29, 0.717) is 11.3 Å². The highest BCUT2D eigenvalue weighted by Gasteiger charge is 2.55. The molecule has 0 radical (unpaired) electrons. The first-order valence-corrected chi connectivity index (χ1v) is 8.58. The van der Waals surface area contributed by atoms with Crippen LogP contribution in [-0.2, 0) is 16.1 Å². The summed E-state index contributed by atoms with van der Waals surface area (Å²) in [5.41, 5.74) is -0.243. The van der Waals surface area contributed by atoms with Crippen LogP contribution in [0.3, 0.4) is 0 Å². The zero-order valence-electron chi connectivity index (χ0n) is 14.4. The molecule has 1 amide bonds. The van der Waals surface area contributed by atoms with Crippen molar-refractivity contribution in [1.29, 1.82) is 0 Å². The molecule has 1 aliphatic carbocycles. The van der Waals surface area contributed by atoms with Crippen molar-refractivity contribution in [3.8, 4) is 0 Å². The van der Waals surface area contributed by atoms with Crippen molar-refractivity contribution < 1.29 is 9.53 Å². The van der Waals surface area contributed by atoms with Crippen molar-refractivity contribution in [2.75, 3.05) is 20.7 Å². The molecule has 4 rings (SSSR count). The largest absolute Gasteiger partial charge is 0.376 e. The van der Waals surface area contributed by atoms with Crippen LogP contribution in [0.15, 0.2) is 35.3 Å². The Morgan fingerprint density at radius 3 is 3.00 bits per heavy atom. The van der Waals surface area contributed by atoms with Gasteiger partial charge in [0.2, 0.25) is 5.91 Å². The number of ether oxygens (including phenoxy) is 1. The van der Waals surface area contributed by atoms with Crippen LogP contribution >= 0.6 is 0 Å². The zero-order chi connectivity index (χ0) is 17.6. The van der Waals surface area contributed by atoms with E-state index in [-0.39, 0.29) is 36.2 Å². The molecule has 0 spiro atoms. The van der Waals surface area contributed by atoms with Crippen molar-refractivity contribution in [3.63, 3.8) is 0 Å². The average molecular weight is 342 g/mol. The van der Waals surface area contributed by atoms with Gasteiger partial charge in [0, 0.05) is 17.9 Å². The molecule has 7 heteroatoms. The second-order valence-corrected chi connectivity index (χ2v) is 7.03. The summed E-state index contributed by atoms with van der Waals surface area (Å²) in [6.07, 6.45) is 2.78.